The van der Waals surface area contributed by atoms with Gasteiger partial charge in [0.1, 0.15) is 46.4 Å². The van der Waals surface area contributed by atoms with Gasteiger partial charge in [-0.15, -0.1) is 0 Å². The molecular weight excluding hydrogens is 278 g/mol. The topological polar surface area (TPSA) is 66.4 Å². The molecule has 0 bridgehead atoms. The minimum Gasteiger partial charge on any atom is -0.375 e. The van der Waals surface area contributed by atoms with Gasteiger partial charge < -0.3 is 23.7 Å². The Kier molecular flexibility index (Phi) is 13.2. The van der Waals surface area contributed by atoms with E-state index in [2.05, 4.69) is 13.8 Å². The molecule has 0 radical (unpaired) electrons. The molecule has 0 aromatic rings. The van der Waals surface area contributed by atoms with E-state index in [1.165, 1.54) is 0 Å². The molecule has 7 nitrogen and oxygen atoms in total. The lowest BCUT2D eigenvalue weighted by Gasteiger charge is -2.30. The molecule has 0 saturated heterocycles. The fourth-order valence-corrected chi connectivity index (χ4v) is 1.64. The van der Waals surface area contributed by atoms with Crippen molar-refractivity contribution in [2.75, 3.05) is 73.9 Å². The Morgan fingerprint density at radius 2 is 1.24 bits per heavy atom. The predicted molar refractivity (Wildman–Crippen MR) is 78.0 cm³/mol. The molecule has 0 spiro atoms. The first kappa shape index (κ1) is 20.7. The molecule has 0 atom stereocenters. The monoisotopic (exact) mass is 310 g/mol. The van der Waals surface area contributed by atoms with Crippen molar-refractivity contribution in [2.24, 2.45) is 5.92 Å². The van der Waals surface area contributed by atoms with Crippen LogP contribution in [0.2, 0.25) is 0 Å². The van der Waals surface area contributed by atoms with Gasteiger partial charge in [-0.1, -0.05) is 13.8 Å². The minimum absolute atomic E-state index is 0.147. The maximum atomic E-state index is 10.6. The van der Waals surface area contributed by atoms with Crippen LogP contribution in [0.1, 0.15) is 13.8 Å². The van der Waals surface area contributed by atoms with Crippen molar-refractivity contribution in [3.8, 4) is 0 Å². The molecular formula is C14H32NO6+. The van der Waals surface area contributed by atoms with Gasteiger partial charge in [0.15, 0.2) is 0 Å². The SMILES string of the molecule is COCOCC[N+](O)(CCOCOC)CCOCC(C)C. The van der Waals surface area contributed by atoms with Crippen molar-refractivity contribution in [1.82, 2.24) is 0 Å². The van der Waals surface area contributed by atoms with Crippen LogP contribution in [0.15, 0.2) is 0 Å². The minimum atomic E-state index is -0.147. The van der Waals surface area contributed by atoms with Crippen LogP contribution in [0.25, 0.3) is 0 Å². The summed E-state index contributed by atoms with van der Waals surface area (Å²) in [6, 6.07) is 0. The summed E-state index contributed by atoms with van der Waals surface area (Å²) in [6.07, 6.45) is 0. The zero-order valence-electron chi connectivity index (χ0n) is 13.9. The highest BCUT2D eigenvalue weighted by atomic mass is 16.7. The zero-order chi connectivity index (χ0) is 16.0. The molecule has 0 aliphatic carbocycles. The maximum absolute atomic E-state index is 10.6. The number of methoxy groups -OCH3 is 2. The van der Waals surface area contributed by atoms with Gasteiger partial charge in [-0.2, -0.15) is 4.65 Å². The van der Waals surface area contributed by atoms with Crippen molar-refractivity contribution in [2.45, 2.75) is 13.8 Å². The molecule has 0 unspecified atom stereocenters. The highest BCUT2D eigenvalue weighted by Gasteiger charge is 2.25. The van der Waals surface area contributed by atoms with E-state index in [9.17, 15) is 5.21 Å². The van der Waals surface area contributed by atoms with Crippen LogP contribution in [-0.4, -0.2) is 83.7 Å². The predicted octanol–water partition coefficient (Wildman–Crippen LogP) is 1.11. The van der Waals surface area contributed by atoms with E-state index in [1.807, 2.05) is 0 Å². The fourth-order valence-electron chi connectivity index (χ4n) is 1.64. The quantitative estimate of drug-likeness (QED) is 0.211. The Bertz CT molecular complexity index is 216. The summed E-state index contributed by atoms with van der Waals surface area (Å²) >= 11 is 0. The molecule has 0 aliphatic heterocycles. The number of ether oxygens (including phenoxy) is 5. The van der Waals surface area contributed by atoms with Gasteiger partial charge >= 0.3 is 0 Å². The Morgan fingerprint density at radius 3 is 1.62 bits per heavy atom. The smallest absolute Gasteiger partial charge is 0.146 e. The van der Waals surface area contributed by atoms with Gasteiger partial charge in [0.2, 0.25) is 0 Å². The van der Waals surface area contributed by atoms with E-state index in [0.717, 1.165) is 0 Å². The fraction of sp³-hybridized carbons (Fsp3) is 1.00. The van der Waals surface area contributed by atoms with Crippen LogP contribution >= 0.6 is 0 Å². The van der Waals surface area contributed by atoms with Crippen molar-refractivity contribution < 1.29 is 33.5 Å². The Morgan fingerprint density at radius 1 is 0.810 bits per heavy atom. The molecule has 128 valence electrons. The molecule has 0 aromatic heterocycles. The van der Waals surface area contributed by atoms with Gasteiger partial charge in [-0.3, -0.25) is 0 Å². The van der Waals surface area contributed by atoms with Crippen molar-refractivity contribution in [3.05, 3.63) is 0 Å². The highest BCUT2D eigenvalue weighted by molar-refractivity contribution is 4.42. The van der Waals surface area contributed by atoms with Crippen LogP contribution in [0, 0.1) is 5.92 Å². The Balaban J connectivity index is 4.04. The molecule has 0 saturated carbocycles. The maximum Gasteiger partial charge on any atom is 0.146 e. The second-order valence-corrected chi connectivity index (χ2v) is 5.36. The number of nitrogens with zero attached hydrogens (tertiary/aromatic N) is 1. The van der Waals surface area contributed by atoms with Gasteiger partial charge in [-0.05, 0) is 5.92 Å². The number of rotatable bonds is 15. The first-order valence-corrected chi connectivity index (χ1v) is 7.34. The zero-order valence-corrected chi connectivity index (χ0v) is 13.9. The lowest BCUT2D eigenvalue weighted by Crippen LogP contribution is -2.51. The van der Waals surface area contributed by atoms with E-state index < -0.39 is 0 Å². The van der Waals surface area contributed by atoms with Crippen LogP contribution in [0.3, 0.4) is 0 Å². The summed E-state index contributed by atoms with van der Waals surface area (Å²) in [5, 5.41) is 10.6. The average Bonchev–Trinajstić information content (AvgIpc) is 2.45. The average molecular weight is 310 g/mol. The second kappa shape index (κ2) is 13.4. The lowest BCUT2D eigenvalue weighted by molar-refractivity contribution is -1.10. The van der Waals surface area contributed by atoms with Crippen molar-refractivity contribution >= 4 is 0 Å². The number of hydrogen-bond acceptors (Lipinski definition) is 6. The van der Waals surface area contributed by atoms with Crippen LogP contribution in [0.4, 0.5) is 0 Å². The molecule has 0 aliphatic rings. The number of hydrogen-bond donors (Lipinski definition) is 1. The third kappa shape index (κ3) is 13.1. The summed E-state index contributed by atoms with van der Waals surface area (Å²) in [7, 11) is 3.14. The van der Waals surface area contributed by atoms with E-state index in [-0.39, 0.29) is 18.2 Å². The van der Waals surface area contributed by atoms with E-state index in [0.29, 0.717) is 52.0 Å². The van der Waals surface area contributed by atoms with E-state index in [1.54, 1.807) is 14.2 Å². The molecule has 7 heteroatoms. The van der Waals surface area contributed by atoms with E-state index >= 15 is 0 Å². The normalized spacial score (nSPS) is 12.3. The van der Waals surface area contributed by atoms with Crippen LogP contribution in [0.5, 0.6) is 0 Å². The summed E-state index contributed by atoms with van der Waals surface area (Å²) in [4.78, 5) is 0. The third-order valence-electron chi connectivity index (χ3n) is 2.81. The third-order valence-corrected chi connectivity index (χ3v) is 2.81. The standard InChI is InChI=1S/C14H32NO6/c1-14(2)11-19-8-5-15(16,6-9-20-12-17-3)7-10-21-13-18-4/h14,16H,5-13H2,1-4H3/q+1. The van der Waals surface area contributed by atoms with E-state index in [4.69, 9.17) is 23.7 Å². The van der Waals surface area contributed by atoms with Crippen LogP contribution < -0.4 is 0 Å². The highest BCUT2D eigenvalue weighted by Crippen LogP contribution is 2.03. The molecule has 0 amide bonds. The van der Waals surface area contributed by atoms with Crippen molar-refractivity contribution in [3.63, 3.8) is 0 Å². The number of quaternary nitrogens is 1. The first-order valence-electron chi connectivity index (χ1n) is 7.34. The molecule has 21 heavy (non-hydrogen) atoms. The summed E-state index contributed by atoms with van der Waals surface area (Å²) in [5.74, 6) is 0.487. The largest absolute Gasteiger partial charge is 0.375 e. The Labute approximate surface area is 128 Å². The lowest BCUT2D eigenvalue weighted by atomic mass is 10.2. The Hall–Kier alpha value is -0.280. The molecule has 0 aromatic carbocycles. The van der Waals surface area contributed by atoms with Gasteiger partial charge in [-0.25, -0.2) is 5.21 Å². The summed E-state index contributed by atoms with van der Waals surface area (Å²) < 4.78 is 25.5. The molecule has 0 heterocycles. The van der Waals surface area contributed by atoms with Gasteiger partial charge in [0.05, 0.1) is 6.61 Å². The van der Waals surface area contributed by atoms with Gasteiger partial charge in [0, 0.05) is 20.8 Å². The summed E-state index contributed by atoms with van der Waals surface area (Å²) in [5.41, 5.74) is 0. The summed E-state index contributed by atoms with van der Waals surface area (Å²) in [6.45, 7) is 8.10. The van der Waals surface area contributed by atoms with Crippen LogP contribution in [-0.2, 0) is 23.7 Å². The van der Waals surface area contributed by atoms with Gasteiger partial charge in [0.25, 0.3) is 0 Å². The molecule has 1 N–H and O–H groups in total. The first-order chi connectivity index (χ1) is 10.0. The second-order valence-electron chi connectivity index (χ2n) is 5.36. The van der Waals surface area contributed by atoms with Crippen molar-refractivity contribution in [1.29, 1.82) is 0 Å². The molecule has 0 rings (SSSR count). The number of hydroxylamine groups is 3. The molecule has 0 fully saturated rings.